The highest BCUT2D eigenvalue weighted by molar-refractivity contribution is 5.49. The molecule has 3 aromatic rings. The zero-order valence-electron chi connectivity index (χ0n) is 15.2. The minimum atomic E-state index is -4.38. The first kappa shape index (κ1) is 19.1. The molecule has 0 aliphatic carbocycles. The summed E-state index contributed by atoms with van der Waals surface area (Å²) in [5.41, 5.74) is 0.566. The molecule has 27 heavy (non-hydrogen) atoms. The molecule has 1 atom stereocenters. The van der Waals surface area contributed by atoms with Crippen LogP contribution in [0.2, 0.25) is 0 Å². The lowest BCUT2D eigenvalue weighted by atomic mass is 10.0. The van der Waals surface area contributed by atoms with E-state index >= 15 is 0 Å². The van der Waals surface area contributed by atoms with Crippen molar-refractivity contribution >= 4 is 11.6 Å². The molecule has 0 saturated carbocycles. The number of nitrogens with zero attached hydrogens (tertiary/aromatic N) is 5. The number of rotatable bonds is 6. The maximum Gasteiger partial charge on any atom is 0.416 e. The third kappa shape index (κ3) is 3.87. The third-order valence-electron chi connectivity index (χ3n) is 4.38. The number of fused-ring (bicyclic) bond motifs is 1. The monoisotopic (exact) mass is 379 g/mol. The van der Waals surface area contributed by atoms with E-state index in [2.05, 4.69) is 15.1 Å². The second-order valence-corrected chi connectivity index (χ2v) is 6.10. The number of hydrogen-bond donors (Lipinski definition) is 0. The largest absolute Gasteiger partial charge is 0.416 e. The molecule has 3 rings (SSSR count). The van der Waals surface area contributed by atoms with Crippen LogP contribution in [-0.4, -0.2) is 33.2 Å². The van der Waals surface area contributed by atoms with Gasteiger partial charge in [-0.1, -0.05) is 12.1 Å². The van der Waals surface area contributed by atoms with E-state index in [1.165, 1.54) is 18.5 Å². The van der Waals surface area contributed by atoms with Crippen LogP contribution in [0.5, 0.6) is 0 Å². The van der Waals surface area contributed by atoms with Gasteiger partial charge in [-0.15, -0.1) is 0 Å². The molecule has 0 amide bonds. The van der Waals surface area contributed by atoms with Gasteiger partial charge in [0.2, 0.25) is 0 Å². The zero-order valence-corrected chi connectivity index (χ0v) is 15.2. The Morgan fingerprint density at radius 3 is 2.70 bits per heavy atom. The maximum atomic E-state index is 13.1. The predicted octanol–water partition coefficient (Wildman–Crippen LogP) is 3.88. The molecule has 2 aromatic heterocycles. The van der Waals surface area contributed by atoms with Crippen molar-refractivity contribution in [3.8, 4) is 0 Å². The van der Waals surface area contributed by atoms with E-state index in [1.807, 2.05) is 24.8 Å². The summed E-state index contributed by atoms with van der Waals surface area (Å²) >= 11 is 0. The van der Waals surface area contributed by atoms with Crippen LogP contribution in [0, 0.1) is 0 Å². The number of halogens is 3. The van der Waals surface area contributed by atoms with Gasteiger partial charge in [-0.2, -0.15) is 27.8 Å². The average Bonchev–Trinajstić information content (AvgIpc) is 3.10. The molecule has 0 bridgehead atoms. The fourth-order valence-electron chi connectivity index (χ4n) is 3.06. The van der Waals surface area contributed by atoms with E-state index in [1.54, 1.807) is 17.7 Å². The first-order valence-corrected chi connectivity index (χ1v) is 8.47. The van der Waals surface area contributed by atoms with Crippen molar-refractivity contribution in [2.45, 2.75) is 32.7 Å². The summed E-state index contributed by atoms with van der Waals surface area (Å²) in [6, 6.07) is 6.88. The highest BCUT2D eigenvalue weighted by atomic mass is 19.4. The van der Waals surface area contributed by atoms with Crippen molar-refractivity contribution in [3.63, 3.8) is 0 Å². The fraction of sp³-hybridized carbons (Fsp3) is 0.389. The van der Waals surface area contributed by atoms with E-state index < -0.39 is 11.7 Å². The zero-order chi connectivity index (χ0) is 19.6. The molecular weight excluding hydrogens is 359 g/mol. The number of hydrogen-bond acceptors (Lipinski definition) is 5. The number of methoxy groups -OCH3 is 1. The van der Waals surface area contributed by atoms with Gasteiger partial charge in [0.25, 0.3) is 5.78 Å². The van der Waals surface area contributed by atoms with E-state index in [4.69, 9.17) is 4.74 Å². The SMILES string of the molecule is CCN(c1cc(COC)nc2ncnn12)C(C)c1cccc(C(F)(F)F)c1. The van der Waals surface area contributed by atoms with Crippen molar-refractivity contribution in [2.24, 2.45) is 0 Å². The van der Waals surface area contributed by atoms with Crippen LogP contribution >= 0.6 is 0 Å². The molecule has 9 heteroatoms. The van der Waals surface area contributed by atoms with Gasteiger partial charge in [-0.25, -0.2) is 4.98 Å². The Bertz CT molecular complexity index is 925. The van der Waals surface area contributed by atoms with Gasteiger partial charge in [0.15, 0.2) is 0 Å². The topological polar surface area (TPSA) is 55.5 Å². The minimum Gasteiger partial charge on any atom is -0.378 e. The lowest BCUT2D eigenvalue weighted by molar-refractivity contribution is -0.137. The van der Waals surface area contributed by atoms with Crippen LogP contribution in [0.1, 0.15) is 36.7 Å². The standard InChI is InChI=1S/C18H20F3N5O/c1-4-25(12(2)13-6-5-7-14(8-13)18(19,20)21)16-9-15(10-27-3)24-17-22-11-23-26(16)17/h5-9,11-12H,4,10H2,1-3H3. The number of anilines is 1. The second kappa shape index (κ2) is 7.51. The Labute approximate surface area is 154 Å². The number of alkyl halides is 3. The fourth-order valence-corrected chi connectivity index (χ4v) is 3.06. The van der Waals surface area contributed by atoms with Crippen molar-refractivity contribution in [2.75, 3.05) is 18.6 Å². The molecule has 0 fully saturated rings. The molecule has 6 nitrogen and oxygen atoms in total. The Morgan fingerprint density at radius 2 is 2.04 bits per heavy atom. The van der Waals surface area contributed by atoms with Gasteiger partial charge in [0.05, 0.1) is 23.9 Å². The van der Waals surface area contributed by atoms with Crippen LogP contribution < -0.4 is 4.90 Å². The minimum absolute atomic E-state index is 0.297. The summed E-state index contributed by atoms with van der Waals surface area (Å²) in [4.78, 5) is 10.5. The van der Waals surface area contributed by atoms with Gasteiger partial charge in [-0.05, 0) is 31.5 Å². The van der Waals surface area contributed by atoms with Crippen LogP contribution in [0.3, 0.4) is 0 Å². The summed E-state index contributed by atoms with van der Waals surface area (Å²) < 4.78 is 46.0. The highest BCUT2D eigenvalue weighted by Crippen LogP contribution is 2.33. The molecular formula is C18H20F3N5O. The summed E-state index contributed by atoms with van der Waals surface area (Å²) in [5.74, 6) is 1.10. The van der Waals surface area contributed by atoms with Crippen LogP contribution in [0.4, 0.5) is 19.0 Å². The number of aromatic nitrogens is 4. The molecule has 144 valence electrons. The van der Waals surface area contributed by atoms with Crippen LogP contribution in [0.15, 0.2) is 36.7 Å². The van der Waals surface area contributed by atoms with E-state index in [9.17, 15) is 13.2 Å². The van der Waals surface area contributed by atoms with E-state index in [0.29, 0.717) is 36.0 Å². The summed E-state index contributed by atoms with van der Waals surface area (Å²) in [7, 11) is 1.57. The normalized spacial score (nSPS) is 13.1. The predicted molar refractivity (Wildman–Crippen MR) is 94.4 cm³/mol. The molecule has 1 unspecified atom stereocenters. The summed E-state index contributed by atoms with van der Waals surface area (Å²) in [5, 5.41) is 4.20. The molecule has 0 N–H and O–H groups in total. The van der Waals surface area contributed by atoms with Gasteiger partial charge in [0, 0.05) is 19.7 Å². The van der Waals surface area contributed by atoms with E-state index in [-0.39, 0.29) is 6.04 Å². The van der Waals surface area contributed by atoms with Gasteiger partial charge >= 0.3 is 6.18 Å². The first-order valence-electron chi connectivity index (χ1n) is 8.47. The van der Waals surface area contributed by atoms with E-state index in [0.717, 1.165) is 6.07 Å². The molecule has 0 aliphatic rings. The Morgan fingerprint density at radius 1 is 1.26 bits per heavy atom. The molecule has 2 heterocycles. The highest BCUT2D eigenvalue weighted by Gasteiger charge is 2.31. The lowest BCUT2D eigenvalue weighted by Gasteiger charge is -2.31. The van der Waals surface area contributed by atoms with Crippen molar-refractivity contribution in [3.05, 3.63) is 53.5 Å². The molecule has 0 saturated heterocycles. The quantitative estimate of drug-likeness (QED) is 0.651. The first-order chi connectivity index (χ1) is 12.8. The summed E-state index contributed by atoms with van der Waals surface area (Å²) in [6.07, 6.45) is -2.99. The Kier molecular flexibility index (Phi) is 5.31. The number of benzene rings is 1. The van der Waals surface area contributed by atoms with Gasteiger partial charge in [-0.3, -0.25) is 0 Å². The molecule has 0 radical (unpaired) electrons. The third-order valence-corrected chi connectivity index (χ3v) is 4.38. The molecule has 0 spiro atoms. The summed E-state index contributed by atoms with van der Waals surface area (Å²) in [6.45, 7) is 4.65. The Balaban J connectivity index is 2.05. The molecule has 0 aliphatic heterocycles. The van der Waals surface area contributed by atoms with Gasteiger partial charge in [0.1, 0.15) is 12.1 Å². The number of ether oxygens (including phenoxy) is 1. The maximum absolute atomic E-state index is 13.1. The van der Waals surface area contributed by atoms with Crippen molar-refractivity contribution in [1.29, 1.82) is 0 Å². The van der Waals surface area contributed by atoms with Crippen LogP contribution in [0.25, 0.3) is 5.78 Å². The lowest BCUT2D eigenvalue weighted by Crippen LogP contribution is -2.29. The van der Waals surface area contributed by atoms with Crippen LogP contribution in [-0.2, 0) is 17.5 Å². The van der Waals surface area contributed by atoms with Crippen molar-refractivity contribution < 1.29 is 17.9 Å². The smallest absolute Gasteiger partial charge is 0.378 e. The molecule has 1 aromatic carbocycles. The average molecular weight is 379 g/mol. The van der Waals surface area contributed by atoms with Crippen molar-refractivity contribution in [1.82, 2.24) is 19.6 Å². The second-order valence-electron chi connectivity index (χ2n) is 6.10. The van der Waals surface area contributed by atoms with Gasteiger partial charge < -0.3 is 9.64 Å². The Hall–Kier alpha value is -2.68.